The van der Waals surface area contributed by atoms with Crippen LogP contribution in [-0.2, 0) is 4.79 Å². The normalized spacial score (nSPS) is 11.9. The number of hydrogen-bond acceptors (Lipinski definition) is 3. The number of carbonyl (C=O) groups is 1. The lowest BCUT2D eigenvalue weighted by molar-refractivity contribution is -0.139. The molecule has 1 rings (SSSR count). The van der Waals surface area contributed by atoms with Crippen LogP contribution in [-0.4, -0.2) is 18.2 Å². The quantitative estimate of drug-likeness (QED) is 0.866. The van der Waals surface area contributed by atoms with Crippen LogP contribution in [0.5, 0.6) is 5.75 Å². The number of nitrogens with zero attached hydrogens (tertiary/aromatic N) is 1. The van der Waals surface area contributed by atoms with Gasteiger partial charge in [0.1, 0.15) is 11.8 Å². The summed E-state index contributed by atoms with van der Waals surface area (Å²) in [4.78, 5) is 11.2. The van der Waals surface area contributed by atoms with E-state index in [1.807, 2.05) is 19.9 Å². The molecule has 0 saturated carbocycles. The van der Waals surface area contributed by atoms with E-state index >= 15 is 0 Å². The van der Waals surface area contributed by atoms with E-state index in [1.165, 1.54) is 7.11 Å². The molecular formula is C13H15NO3. The minimum absolute atomic E-state index is 0.0348. The van der Waals surface area contributed by atoms with Crippen molar-refractivity contribution < 1.29 is 14.6 Å². The van der Waals surface area contributed by atoms with Crippen LogP contribution >= 0.6 is 0 Å². The molecule has 0 saturated heterocycles. The van der Waals surface area contributed by atoms with Crippen molar-refractivity contribution in [2.75, 3.05) is 7.11 Å². The Balaban J connectivity index is 3.23. The van der Waals surface area contributed by atoms with Crippen LogP contribution in [0.2, 0.25) is 0 Å². The molecule has 1 aromatic rings. The molecule has 0 aromatic heterocycles. The monoisotopic (exact) mass is 233 g/mol. The number of methoxy groups -OCH3 is 1. The lowest BCUT2D eigenvalue weighted by Crippen LogP contribution is -2.17. The van der Waals surface area contributed by atoms with Gasteiger partial charge in [0.25, 0.3) is 0 Å². The van der Waals surface area contributed by atoms with E-state index in [-0.39, 0.29) is 5.92 Å². The van der Waals surface area contributed by atoms with Crippen molar-refractivity contribution in [3.8, 4) is 11.8 Å². The van der Waals surface area contributed by atoms with Gasteiger partial charge in [-0.05, 0) is 23.6 Å². The Morgan fingerprint density at radius 2 is 2.12 bits per heavy atom. The average molecular weight is 233 g/mol. The van der Waals surface area contributed by atoms with E-state index in [9.17, 15) is 9.90 Å². The predicted octanol–water partition coefficient (Wildman–Crippen LogP) is 2.39. The van der Waals surface area contributed by atoms with Crippen molar-refractivity contribution in [2.45, 2.75) is 19.8 Å². The minimum atomic E-state index is -0.881. The molecule has 0 aliphatic rings. The summed E-state index contributed by atoms with van der Waals surface area (Å²) < 4.78 is 5.02. The van der Waals surface area contributed by atoms with Crippen molar-refractivity contribution in [3.05, 3.63) is 29.3 Å². The zero-order valence-electron chi connectivity index (χ0n) is 10.1. The Bertz CT molecular complexity index is 460. The second-order valence-electron chi connectivity index (χ2n) is 4.13. The van der Waals surface area contributed by atoms with Gasteiger partial charge >= 0.3 is 5.97 Å². The zero-order valence-corrected chi connectivity index (χ0v) is 10.1. The summed E-state index contributed by atoms with van der Waals surface area (Å²) in [6.07, 6.45) is 0. The Hall–Kier alpha value is -2.02. The first-order valence-electron chi connectivity index (χ1n) is 5.32. The molecule has 0 radical (unpaired) electrons. The number of aliphatic carboxylic acids is 1. The van der Waals surface area contributed by atoms with Gasteiger partial charge < -0.3 is 9.84 Å². The third-order valence-corrected chi connectivity index (χ3v) is 2.64. The summed E-state index contributed by atoms with van der Waals surface area (Å²) in [6.45, 7) is 3.68. The van der Waals surface area contributed by atoms with Crippen molar-refractivity contribution >= 4 is 5.97 Å². The topological polar surface area (TPSA) is 70.3 Å². The number of rotatable bonds is 4. The van der Waals surface area contributed by atoms with Gasteiger partial charge in [-0.1, -0.05) is 19.9 Å². The molecule has 0 spiro atoms. The summed E-state index contributed by atoms with van der Waals surface area (Å²) in [5.41, 5.74) is 0.988. The lowest BCUT2D eigenvalue weighted by atomic mass is 9.88. The molecule has 0 aliphatic carbocycles. The number of ether oxygens (including phenoxy) is 1. The first-order chi connectivity index (χ1) is 8.01. The SMILES string of the molecule is COc1ccc(C(C(=O)O)C(C)C)cc1C#N. The number of benzene rings is 1. The molecule has 90 valence electrons. The highest BCUT2D eigenvalue weighted by Gasteiger charge is 2.24. The summed E-state index contributed by atoms with van der Waals surface area (Å²) in [6, 6.07) is 6.91. The molecule has 0 fully saturated rings. The number of nitriles is 1. The van der Waals surface area contributed by atoms with Crippen LogP contribution in [0.3, 0.4) is 0 Å². The largest absolute Gasteiger partial charge is 0.495 e. The fourth-order valence-corrected chi connectivity index (χ4v) is 1.82. The molecule has 1 N–H and O–H groups in total. The van der Waals surface area contributed by atoms with Crippen LogP contribution in [0, 0.1) is 17.2 Å². The van der Waals surface area contributed by atoms with Crippen molar-refractivity contribution in [3.63, 3.8) is 0 Å². The Morgan fingerprint density at radius 3 is 2.53 bits per heavy atom. The van der Waals surface area contributed by atoms with Gasteiger partial charge in [0.2, 0.25) is 0 Å². The molecule has 0 bridgehead atoms. The fourth-order valence-electron chi connectivity index (χ4n) is 1.82. The molecular weight excluding hydrogens is 218 g/mol. The second-order valence-corrected chi connectivity index (χ2v) is 4.13. The van der Waals surface area contributed by atoms with Gasteiger partial charge in [-0.25, -0.2) is 0 Å². The number of carboxylic acid groups (broad SMARTS) is 1. The molecule has 4 nitrogen and oxygen atoms in total. The highest BCUT2D eigenvalue weighted by Crippen LogP contribution is 2.28. The molecule has 1 aromatic carbocycles. The molecule has 1 atom stereocenters. The average Bonchev–Trinajstić information content (AvgIpc) is 2.27. The lowest BCUT2D eigenvalue weighted by Gasteiger charge is -2.17. The van der Waals surface area contributed by atoms with Crippen LogP contribution in [0.4, 0.5) is 0 Å². The maximum Gasteiger partial charge on any atom is 0.311 e. The zero-order chi connectivity index (χ0) is 13.0. The smallest absolute Gasteiger partial charge is 0.311 e. The van der Waals surface area contributed by atoms with Crippen LogP contribution in [0.25, 0.3) is 0 Å². The third-order valence-electron chi connectivity index (χ3n) is 2.64. The molecule has 0 heterocycles. The first-order valence-corrected chi connectivity index (χ1v) is 5.32. The van der Waals surface area contributed by atoms with Crippen molar-refractivity contribution in [2.24, 2.45) is 5.92 Å². The molecule has 1 unspecified atom stereocenters. The first kappa shape index (κ1) is 13.0. The van der Waals surface area contributed by atoms with Gasteiger partial charge in [-0.15, -0.1) is 0 Å². The van der Waals surface area contributed by atoms with Crippen LogP contribution in [0.1, 0.15) is 30.9 Å². The molecule has 17 heavy (non-hydrogen) atoms. The predicted molar refractivity (Wildman–Crippen MR) is 62.9 cm³/mol. The Morgan fingerprint density at radius 1 is 1.47 bits per heavy atom. The van der Waals surface area contributed by atoms with Gasteiger partial charge in [-0.3, -0.25) is 4.79 Å². The van der Waals surface area contributed by atoms with E-state index in [2.05, 4.69) is 0 Å². The van der Waals surface area contributed by atoms with E-state index < -0.39 is 11.9 Å². The van der Waals surface area contributed by atoms with E-state index in [4.69, 9.17) is 10.00 Å². The standard InChI is InChI=1S/C13H15NO3/c1-8(2)12(13(15)16)9-4-5-11(17-3)10(6-9)7-14/h4-6,8,12H,1-3H3,(H,15,16). The Labute approximate surface area is 100 Å². The van der Waals surface area contributed by atoms with Gasteiger partial charge in [0.15, 0.2) is 0 Å². The van der Waals surface area contributed by atoms with Crippen molar-refractivity contribution in [1.82, 2.24) is 0 Å². The molecule has 4 heteroatoms. The Kier molecular flexibility index (Phi) is 4.11. The second kappa shape index (κ2) is 5.35. The highest BCUT2D eigenvalue weighted by atomic mass is 16.5. The van der Waals surface area contributed by atoms with Gasteiger partial charge in [-0.2, -0.15) is 5.26 Å². The number of hydrogen-bond donors (Lipinski definition) is 1. The van der Waals surface area contributed by atoms with E-state index in [0.29, 0.717) is 16.9 Å². The van der Waals surface area contributed by atoms with E-state index in [1.54, 1.807) is 18.2 Å². The number of carboxylic acids is 1. The summed E-state index contributed by atoms with van der Waals surface area (Å²) in [7, 11) is 1.48. The maximum atomic E-state index is 11.2. The minimum Gasteiger partial charge on any atom is -0.495 e. The van der Waals surface area contributed by atoms with Gasteiger partial charge in [0, 0.05) is 0 Å². The van der Waals surface area contributed by atoms with Gasteiger partial charge in [0.05, 0.1) is 18.6 Å². The third kappa shape index (κ3) is 2.76. The van der Waals surface area contributed by atoms with Crippen LogP contribution in [0.15, 0.2) is 18.2 Å². The summed E-state index contributed by atoms with van der Waals surface area (Å²) >= 11 is 0. The molecule has 0 aliphatic heterocycles. The van der Waals surface area contributed by atoms with E-state index in [0.717, 1.165) is 0 Å². The summed E-state index contributed by atoms with van der Waals surface area (Å²) in [5, 5.41) is 18.1. The van der Waals surface area contributed by atoms with Crippen molar-refractivity contribution in [1.29, 1.82) is 5.26 Å². The highest BCUT2D eigenvalue weighted by molar-refractivity contribution is 5.76. The maximum absolute atomic E-state index is 11.2. The molecule has 0 amide bonds. The fraction of sp³-hybridized carbons (Fsp3) is 0.385. The summed E-state index contributed by atoms with van der Waals surface area (Å²) in [5.74, 6) is -1.06. The van der Waals surface area contributed by atoms with Crippen LogP contribution < -0.4 is 4.74 Å².